The van der Waals surface area contributed by atoms with Crippen LogP contribution >= 0.6 is 11.6 Å². The number of nitrogen functional groups attached to an aromatic ring is 1. The number of rotatable bonds is 4. The standard InChI is InChI=1S/C11H14ClN3O2/c1-7(16)14-4-5-15-11(17)8-2-3-10(13)9(12)6-8/h2-3,6H,4-5,13H2,1H3,(H,14,16)(H,15,17). The summed E-state index contributed by atoms with van der Waals surface area (Å²) >= 11 is 5.80. The highest BCUT2D eigenvalue weighted by Gasteiger charge is 2.06. The molecule has 5 nitrogen and oxygen atoms in total. The average Bonchev–Trinajstić information content (AvgIpc) is 2.27. The van der Waals surface area contributed by atoms with E-state index < -0.39 is 0 Å². The lowest BCUT2D eigenvalue weighted by Crippen LogP contribution is -2.33. The maximum atomic E-state index is 11.6. The molecule has 17 heavy (non-hydrogen) atoms. The highest BCUT2D eigenvalue weighted by Crippen LogP contribution is 2.19. The minimum absolute atomic E-state index is 0.130. The Kier molecular flexibility index (Phi) is 4.78. The fraction of sp³-hybridized carbons (Fsp3) is 0.273. The highest BCUT2D eigenvalue weighted by atomic mass is 35.5. The van der Waals surface area contributed by atoms with Crippen LogP contribution in [0.4, 0.5) is 5.69 Å². The molecule has 0 aliphatic heterocycles. The third-order valence-electron chi connectivity index (χ3n) is 2.05. The zero-order valence-corrected chi connectivity index (χ0v) is 10.2. The van der Waals surface area contributed by atoms with Crippen molar-refractivity contribution in [3.05, 3.63) is 28.8 Å². The Hall–Kier alpha value is -1.75. The normalized spacial score (nSPS) is 9.76. The van der Waals surface area contributed by atoms with Crippen LogP contribution in [0.15, 0.2) is 18.2 Å². The van der Waals surface area contributed by atoms with Gasteiger partial charge in [0.2, 0.25) is 5.91 Å². The van der Waals surface area contributed by atoms with Crippen molar-refractivity contribution in [2.24, 2.45) is 0 Å². The van der Waals surface area contributed by atoms with Crippen LogP contribution in [0.5, 0.6) is 0 Å². The second-order valence-corrected chi connectivity index (χ2v) is 3.88. The average molecular weight is 256 g/mol. The van der Waals surface area contributed by atoms with Crippen LogP contribution in [0.2, 0.25) is 5.02 Å². The number of nitrogens with two attached hydrogens (primary N) is 1. The Balaban J connectivity index is 2.47. The predicted molar refractivity (Wildman–Crippen MR) is 66.9 cm³/mol. The molecular weight excluding hydrogens is 242 g/mol. The largest absolute Gasteiger partial charge is 0.398 e. The molecule has 0 bridgehead atoms. The van der Waals surface area contributed by atoms with Crippen molar-refractivity contribution in [2.45, 2.75) is 6.92 Å². The van der Waals surface area contributed by atoms with Gasteiger partial charge in [0.25, 0.3) is 5.91 Å². The maximum Gasteiger partial charge on any atom is 0.251 e. The molecule has 0 fully saturated rings. The van der Waals surface area contributed by atoms with Gasteiger partial charge in [0.1, 0.15) is 0 Å². The molecule has 0 saturated heterocycles. The minimum Gasteiger partial charge on any atom is -0.398 e. The molecule has 4 N–H and O–H groups in total. The summed E-state index contributed by atoms with van der Waals surface area (Å²) in [5.74, 6) is -0.382. The molecule has 0 aromatic heterocycles. The van der Waals surface area contributed by atoms with Gasteiger partial charge in [0.15, 0.2) is 0 Å². The van der Waals surface area contributed by atoms with Gasteiger partial charge in [-0.15, -0.1) is 0 Å². The third kappa shape index (κ3) is 4.32. The van der Waals surface area contributed by atoms with Crippen LogP contribution in [0.25, 0.3) is 0 Å². The number of anilines is 1. The van der Waals surface area contributed by atoms with E-state index in [4.69, 9.17) is 17.3 Å². The van der Waals surface area contributed by atoms with Crippen molar-refractivity contribution in [3.63, 3.8) is 0 Å². The first-order valence-electron chi connectivity index (χ1n) is 5.08. The molecule has 2 amide bonds. The Morgan fingerprint density at radius 1 is 1.29 bits per heavy atom. The number of hydrogen-bond acceptors (Lipinski definition) is 3. The van der Waals surface area contributed by atoms with Gasteiger partial charge in [-0.2, -0.15) is 0 Å². The Morgan fingerprint density at radius 3 is 2.53 bits per heavy atom. The number of carbonyl (C=O) groups excluding carboxylic acids is 2. The van der Waals surface area contributed by atoms with Crippen LogP contribution < -0.4 is 16.4 Å². The molecule has 0 aliphatic carbocycles. The Labute approximate surface area is 104 Å². The molecule has 0 spiro atoms. The number of hydrogen-bond donors (Lipinski definition) is 3. The lowest BCUT2D eigenvalue weighted by Gasteiger charge is -2.06. The number of nitrogens with one attached hydrogen (secondary N) is 2. The third-order valence-corrected chi connectivity index (χ3v) is 2.37. The fourth-order valence-electron chi connectivity index (χ4n) is 1.18. The van der Waals surface area contributed by atoms with Gasteiger partial charge in [-0.1, -0.05) is 11.6 Å². The fourth-order valence-corrected chi connectivity index (χ4v) is 1.37. The van der Waals surface area contributed by atoms with E-state index in [-0.39, 0.29) is 11.8 Å². The lowest BCUT2D eigenvalue weighted by atomic mass is 10.2. The van der Waals surface area contributed by atoms with Gasteiger partial charge < -0.3 is 16.4 Å². The van der Waals surface area contributed by atoms with E-state index in [0.29, 0.717) is 29.4 Å². The van der Waals surface area contributed by atoms with E-state index in [1.54, 1.807) is 12.1 Å². The zero-order valence-electron chi connectivity index (χ0n) is 9.42. The zero-order chi connectivity index (χ0) is 12.8. The summed E-state index contributed by atoms with van der Waals surface area (Å²) in [7, 11) is 0. The number of amides is 2. The predicted octanol–water partition coefficient (Wildman–Crippen LogP) is 0.788. The quantitative estimate of drug-likeness (QED) is 0.549. The summed E-state index contributed by atoms with van der Waals surface area (Å²) in [4.78, 5) is 22.2. The van der Waals surface area contributed by atoms with Crippen LogP contribution in [0.1, 0.15) is 17.3 Å². The maximum absolute atomic E-state index is 11.6. The summed E-state index contributed by atoms with van der Waals surface area (Å²) in [5, 5.41) is 5.57. The molecule has 1 rings (SSSR count). The summed E-state index contributed by atoms with van der Waals surface area (Å²) in [6.45, 7) is 2.17. The van der Waals surface area contributed by atoms with Crippen LogP contribution in [0, 0.1) is 0 Å². The first kappa shape index (κ1) is 13.3. The van der Waals surface area contributed by atoms with Crippen LogP contribution in [0.3, 0.4) is 0 Å². The summed E-state index contributed by atoms with van der Waals surface area (Å²) in [6, 6.07) is 4.67. The van der Waals surface area contributed by atoms with Gasteiger partial charge in [-0.05, 0) is 18.2 Å². The van der Waals surface area contributed by atoms with E-state index in [1.165, 1.54) is 13.0 Å². The molecular formula is C11H14ClN3O2. The molecule has 92 valence electrons. The van der Waals surface area contributed by atoms with Gasteiger partial charge in [-0.3, -0.25) is 9.59 Å². The first-order chi connectivity index (χ1) is 8.00. The van der Waals surface area contributed by atoms with E-state index in [9.17, 15) is 9.59 Å². The molecule has 0 unspecified atom stereocenters. The van der Waals surface area contributed by atoms with Gasteiger partial charge in [0.05, 0.1) is 10.7 Å². The van der Waals surface area contributed by atoms with E-state index in [1.807, 2.05) is 0 Å². The van der Waals surface area contributed by atoms with Crippen LogP contribution in [-0.2, 0) is 4.79 Å². The Bertz CT molecular complexity index is 435. The summed E-state index contributed by atoms with van der Waals surface area (Å²) < 4.78 is 0. The monoisotopic (exact) mass is 255 g/mol. The van der Waals surface area contributed by atoms with Crippen molar-refractivity contribution >= 4 is 29.1 Å². The first-order valence-corrected chi connectivity index (χ1v) is 5.46. The van der Waals surface area contributed by atoms with Crippen molar-refractivity contribution in [2.75, 3.05) is 18.8 Å². The van der Waals surface area contributed by atoms with Crippen LogP contribution in [-0.4, -0.2) is 24.9 Å². The molecule has 1 aromatic carbocycles. The molecule has 0 saturated carbocycles. The SMILES string of the molecule is CC(=O)NCCNC(=O)c1ccc(N)c(Cl)c1. The van der Waals surface area contributed by atoms with Gasteiger partial charge in [0, 0.05) is 25.6 Å². The molecule has 0 heterocycles. The number of carbonyl (C=O) groups is 2. The van der Waals surface area contributed by atoms with Crippen molar-refractivity contribution < 1.29 is 9.59 Å². The van der Waals surface area contributed by atoms with Gasteiger partial charge in [-0.25, -0.2) is 0 Å². The summed E-state index contributed by atoms with van der Waals surface area (Å²) in [6.07, 6.45) is 0. The van der Waals surface area contributed by atoms with E-state index >= 15 is 0 Å². The lowest BCUT2D eigenvalue weighted by molar-refractivity contribution is -0.118. The molecule has 1 aromatic rings. The molecule has 0 atom stereocenters. The van der Waals surface area contributed by atoms with Crippen molar-refractivity contribution in [3.8, 4) is 0 Å². The summed E-state index contributed by atoms with van der Waals surface area (Å²) in [5.41, 5.74) is 6.40. The van der Waals surface area contributed by atoms with Crippen molar-refractivity contribution in [1.82, 2.24) is 10.6 Å². The topological polar surface area (TPSA) is 84.2 Å². The van der Waals surface area contributed by atoms with E-state index in [2.05, 4.69) is 10.6 Å². The van der Waals surface area contributed by atoms with Crippen molar-refractivity contribution in [1.29, 1.82) is 0 Å². The second-order valence-electron chi connectivity index (χ2n) is 3.48. The minimum atomic E-state index is -0.253. The Morgan fingerprint density at radius 2 is 1.94 bits per heavy atom. The van der Waals surface area contributed by atoms with E-state index in [0.717, 1.165) is 0 Å². The molecule has 0 radical (unpaired) electrons. The molecule has 0 aliphatic rings. The number of benzene rings is 1. The smallest absolute Gasteiger partial charge is 0.251 e. The van der Waals surface area contributed by atoms with Gasteiger partial charge >= 0.3 is 0 Å². The second kappa shape index (κ2) is 6.10. The number of halogens is 1. The highest BCUT2D eigenvalue weighted by molar-refractivity contribution is 6.33. The molecule has 6 heteroatoms.